The highest BCUT2D eigenvalue weighted by Crippen LogP contribution is 2.56. The van der Waals surface area contributed by atoms with Crippen LogP contribution in [0.25, 0.3) is 22.4 Å². The Bertz CT molecular complexity index is 1490. The summed E-state index contributed by atoms with van der Waals surface area (Å²) in [5.41, 5.74) is 4.10. The van der Waals surface area contributed by atoms with Crippen LogP contribution in [0.3, 0.4) is 0 Å². The van der Waals surface area contributed by atoms with Crippen LogP contribution >= 0.6 is 11.6 Å². The average molecular weight is 491 g/mol. The molecular weight excluding hydrogens is 467 g/mol. The van der Waals surface area contributed by atoms with Gasteiger partial charge in [0.1, 0.15) is 22.9 Å². The highest BCUT2D eigenvalue weighted by atomic mass is 35.5. The molecule has 4 aliphatic rings. The van der Waals surface area contributed by atoms with Gasteiger partial charge in [0.2, 0.25) is 0 Å². The zero-order valence-corrected chi connectivity index (χ0v) is 20.3. The molecule has 178 valence electrons. The number of fused-ring (bicyclic) bond motifs is 3. The Hall–Kier alpha value is -2.97. The van der Waals surface area contributed by atoms with Gasteiger partial charge in [-0.1, -0.05) is 11.6 Å². The lowest BCUT2D eigenvalue weighted by Crippen LogP contribution is -2.53. The van der Waals surface area contributed by atoms with Crippen molar-refractivity contribution in [3.63, 3.8) is 0 Å². The van der Waals surface area contributed by atoms with E-state index in [1.807, 2.05) is 20.0 Å². The number of aromatic nitrogens is 6. The molecule has 0 radical (unpaired) electrons. The fourth-order valence-electron chi connectivity index (χ4n) is 5.53. The Morgan fingerprint density at radius 1 is 1.09 bits per heavy atom. The predicted molar refractivity (Wildman–Crippen MR) is 129 cm³/mol. The Balaban J connectivity index is 1.32. The number of benzene rings is 1. The molecule has 3 atom stereocenters. The van der Waals surface area contributed by atoms with Crippen molar-refractivity contribution in [3.8, 4) is 11.3 Å². The monoisotopic (exact) mass is 490 g/mol. The van der Waals surface area contributed by atoms with Crippen LogP contribution < -0.4 is 0 Å². The maximum Gasteiger partial charge on any atom is 0.182 e. The first-order valence-corrected chi connectivity index (χ1v) is 12.5. The Morgan fingerprint density at radius 3 is 2.66 bits per heavy atom. The fraction of sp³-hybridized carbons (Fsp3) is 0.423. The van der Waals surface area contributed by atoms with E-state index < -0.39 is 5.82 Å². The molecule has 9 heteroatoms. The van der Waals surface area contributed by atoms with Gasteiger partial charge in [0, 0.05) is 34.7 Å². The van der Waals surface area contributed by atoms with E-state index in [0.29, 0.717) is 39.3 Å². The van der Waals surface area contributed by atoms with E-state index >= 15 is 4.39 Å². The molecule has 2 saturated heterocycles. The van der Waals surface area contributed by atoms with Crippen molar-refractivity contribution in [3.05, 3.63) is 64.2 Å². The van der Waals surface area contributed by atoms with Gasteiger partial charge in [0.25, 0.3) is 0 Å². The van der Waals surface area contributed by atoms with Gasteiger partial charge in [0.05, 0.1) is 35.3 Å². The molecule has 7 nitrogen and oxygen atoms in total. The molecule has 5 heterocycles. The van der Waals surface area contributed by atoms with Crippen LogP contribution in [0.1, 0.15) is 66.8 Å². The summed E-state index contributed by atoms with van der Waals surface area (Å²) < 4.78 is 23.5. The second-order valence-electron chi connectivity index (χ2n) is 10.1. The molecule has 0 spiro atoms. The van der Waals surface area contributed by atoms with E-state index in [1.54, 1.807) is 12.1 Å². The van der Waals surface area contributed by atoms with Crippen molar-refractivity contribution in [2.45, 2.75) is 69.6 Å². The van der Waals surface area contributed by atoms with Gasteiger partial charge in [-0.05, 0) is 57.7 Å². The lowest BCUT2D eigenvalue weighted by Gasteiger charge is -2.54. The number of ether oxygens (including phenoxy) is 1. The van der Waals surface area contributed by atoms with Crippen LogP contribution in [-0.4, -0.2) is 35.8 Å². The summed E-state index contributed by atoms with van der Waals surface area (Å²) in [6, 6.07) is 5.14. The third-order valence-corrected chi connectivity index (χ3v) is 7.87. The maximum absolute atomic E-state index is 15.0. The van der Waals surface area contributed by atoms with Crippen LogP contribution in [0.5, 0.6) is 0 Å². The van der Waals surface area contributed by atoms with Gasteiger partial charge >= 0.3 is 0 Å². The van der Waals surface area contributed by atoms with Gasteiger partial charge in [-0.3, -0.25) is 4.68 Å². The number of aryl methyl sites for hydroxylation is 2. The summed E-state index contributed by atoms with van der Waals surface area (Å²) >= 11 is 6.02. The molecule has 0 N–H and O–H groups in total. The Morgan fingerprint density at radius 2 is 1.89 bits per heavy atom. The largest absolute Gasteiger partial charge is 0.367 e. The van der Waals surface area contributed by atoms with Gasteiger partial charge in [-0.15, -0.1) is 0 Å². The molecule has 2 saturated carbocycles. The minimum atomic E-state index is -0.442. The van der Waals surface area contributed by atoms with Crippen molar-refractivity contribution in [2.24, 2.45) is 0 Å². The van der Waals surface area contributed by atoms with Crippen molar-refractivity contribution in [2.75, 3.05) is 0 Å². The summed E-state index contributed by atoms with van der Waals surface area (Å²) in [4.78, 5) is 19.1. The van der Waals surface area contributed by atoms with Crippen molar-refractivity contribution >= 4 is 22.8 Å². The van der Waals surface area contributed by atoms with Gasteiger partial charge in [0.15, 0.2) is 5.65 Å². The first kappa shape index (κ1) is 21.3. The normalized spacial score (nSPS) is 25.6. The van der Waals surface area contributed by atoms with E-state index in [-0.39, 0.29) is 17.6 Å². The van der Waals surface area contributed by atoms with E-state index in [1.165, 1.54) is 18.9 Å². The standard InChI is InChI=1S/C26H24ClFN6O/c1-13-14(2)31-25-23(30-13)22(20-6-3-17(27)8-21(20)28)32-24(33-25)15-7-19-10-26(9-15,35-19)16-11-29-34(12-16)18-4-5-18/h3,6,8,11-12,15,18-19H,4-5,7,9-10H2,1-2H3. The molecule has 35 heavy (non-hydrogen) atoms. The number of hydrogen-bond acceptors (Lipinski definition) is 6. The third-order valence-electron chi connectivity index (χ3n) is 7.63. The highest BCUT2D eigenvalue weighted by molar-refractivity contribution is 6.30. The number of halogens is 2. The second kappa shape index (κ2) is 7.51. The quantitative estimate of drug-likeness (QED) is 0.371. The van der Waals surface area contributed by atoms with Crippen LogP contribution in [0.2, 0.25) is 5.02 Å². The summed E-state index contributed by atoms with van der Waals surface area (Å²) in [6.07, 6.45) is 9.18. The zero-order chi connectivity index (χ0) is 23.9. The predicted octanol–water partition coefficient (Wildman–Crippen LogP) is 5.59. The van der Waals surface area contributed by atoms with Gasteiger partial charge < -0.3 is 4.74 Å². The second-order valence-corrected chi connectivity index (χ2v) is 10.6. The lowest BCUT2D eigenvalue weighted by molar-refractivity contribution is -0.249. The average Bonchev–Trinajstić information content (AvgIpc) is 3.55. The molecule has 3 unspecified atom stereocenters. The van der Waals surface area contributed by atoms with Crippen LogP contribution in [-0.2, 0) is 10.3 Å². The first-order valence-electron chi connectivity index (χ1n) is 12.1. The fourth-order valence-corrected chi connectivity index (χ4v) is 5.69. The van der Waals surface area contributed by atoms with Crippen molar-refractivity contribution in [1.29, 1.82) is 0 Å². The molecule has 2 aliphatic heterocycles. The molecule has 4 aromatic rings. The van der Waals surface area contributed by atoms with Crippen molar-refractivity contribution < 1.29 is 9.13 Å². The number of hydrogen-bond donors (Lipinski definition) is 0. The molecule has 2 bridgehead atoms. The van der Waals surface area contributed by atoms with Gasteiger partial charge in [-0.2, -0.15) is 5.10 Å². The topological polar surface area (TPSA) is 78.6 Å². The maximum atomic E-state index is 15.0. The Kier molecular flexibility index (Phi) is 4.58. The van der Waals surface area contributed by atoms with Crippen LogP contribution in [0, 0.1) is 19.7 Å². The molecule has 3 aromatic heterocycles. The van der Waals surface area contributed by atoms with E-state index in [4.69, 9.17) is 31.3 Å². The lowest BCUT2D eigenvalue weighted by atomic mass is 9.68. The smallest absolute Gasteiger partial charge is 0.182 e. The molecule has 0 amide bonds. The summed E-state index contributed by atoms with van der Waals surface area (Å²) in [5.74, 6) is 0.280. The highest BCUT2D eigenvalue weighted by Gasteiger charge is 2.54. The SMILES string of the molecule is Cc1nc2nc(C3CC4CC(c5cnn(C6CC6)c5)(C3)O4)nc(-c3ccc(Cl)cc3F)c2nc1C. The minimum Gasteiger partial charge on any atom is -0.367 e. The van der Waals surface area contributed by atoms with E-state index in [2.05, 4.69) is 21.0 Å². The molecule has 1 aromatic carbocycles. The first-order chi connectivity index (χ1) is 16.9. The third kappa shape index (κ3) is 3.45. The summed E-state index contributed by atoms with van der Waals surface area (Å²) in [6.45, 7) is 3.79. The number of rotatable bonds is 4. The molecular formula is C26H24ClFN6O. The molecule has 2 aliphatic carbocycles. The van der Waals surface area contributed by atoms with E-state index in [0.717, 1.165) is 36.2 Å². The zero-order valence-electron chi connectivity index (χ0n) is 19.5. The van der Waals surface area contributed by atoms with E-state index in [9.17, 15) is 0 Å². The molecule has 8 rings (SSSR count). The van der Waals surface area contributed by atoms with Crippen molar-refractivity contribution in [1.82, 2.24) is 29.7 Å². The summed E-state index contributed by atoms with van der Waals surface area (Å²) in [5, 5.41) is 4.92. The number of nitrogens with zero attached hydrogens (tertiary/aromatic N) is 6. The van der Waals surface area contributed by atoms with Crippen LogP contribution in [0.4, 0.5) is 4.39 Å². The van der Waals surface area contributed by atoms with Crippen LogP contribution in [0.15, 0.2) is 30.6 Å². The van der Waals surface area contributed by atoms with Gasteiger partial charge in [-0.25, -0.2) is 24.3 Å². The summed E-state index contributed by atoms with van der Waals surface area (Å²) in [7, 11) is 0. The molecule has 4 fully saturated rings. The minimum absolute atomic E-state index is 0.0636. The Labute approximate surface area is 206 Å².